The lowest BCUT2D eigenvalue weighted by Crippen LogP contribution is -2.35. The summed E-state index contributed by atoms with van der Waals surface area (Å²) in [5.74, 6) is 0.304. The quantitative estimate of drug-likeness (QED) is 0.739. The van der Waals surface area contributed by atoms with Crippen LogP contribution in [-0.4, -0.2) is 25.3 Å². The number of alkyl halides is 1. The van der Waals surface area contributed by atoms with Gasteiger partial charge in [-0.15, -0.1) is 11.6 Å². The first-order valence-electron chi connectivity index (χ1n) is 6.78. The predicted molar refractivity (Wildman–Crippen MR) is 85.6 cm³/mol. The Hall–Kier alpha value is -0.100. The van der Waals surface area contributed by atoms with Crippen LogP contribution in [-0.2, 0) is 15.9 Å². The molecule has 1 unspecified atom stereocenters. The molecule has 0 N–H and O–H groups in total. The third-order valence-electron chi connectivity index (χ3n) is 3.89. The molecule has 0 saturated carbocycles. The Morgan fingerprint density at radius 1 is 1.45 bits per heavy atom. The second kappa shape index (κ2) is 6.34. The van der Waals surface area contributed by atoms with Gasteiger partial charge in [-0.05, 0) is 49.4 Å². The molecule has 1 atom stereocenters. The van der Waals surface area contributed by atoms with Gasteiger partial charge in [0.05, 0.1) is 4.90 Å². The van der Waals surface area contributed by atoms with Crippen molar-refractivity contribution in [3.8, 4) is 0 Å². The molecule has 0 spiro atoms. The molecule has 20 heavy (non-hydrogen) atoms. The Morgan fingerprint density at radius 2 is 2.15 bits per heavy atom. The van der Waals surface area contributed by atoms with Crippen LogP contribution in [0.3, 0.4) is 0 Å². The number of halogens is 2. The largest absolute Gasteiger partial charge is 0.243 e. The van der Waals surface area contributed by atoms with Crippen molar-refractivity contribution in [2.45, 2.75) is 49.9 Å². The van der Waals surface area contributed by atoms with Crippen LogP contribution >= 0.6 is 27.5 Å². The van der Waals surface area contributed by atoms with Crippen LogP contribution in [0.2, 0.25) is 0 Å². The Labute approximate surface area is 134 Å². The van der Waals surface area contributed by atoms with Gasteiger partial charge in [-0.2, -0.15) is 4.31 Å². The Morgan fingerprint density at radius 3 is 2.75 bits per heavy atom. The molecule has 1 aromatic carbocycles. The van der Waals surface area contributed by atoms with Crippen molar-refractivity contribution in [1.82, 2.24) is 4.31 Å². The van der Waals surface area contributed by atoms with Crippen LogP contribution in [0.25, 0.3) is 0 Å². The molecule has 1 saturated heterocycles. The lowest BCUT2D eigenvalue weighted by Gasteiger charge is -2.24. The highest BCUT2D eigenvalue weighted by Gasteiger charge is 2.35. The van der Waals surface area contributed by atoms with E-state index in [-0.39, 0.29) is 6.04 Å². The normalized spacial score (nSPS) is 20.5. The highest BCUT2D eigenvalue weighted by molar-refractivity contribution is 9.10. The van der Waals surface area contributed by atoms with Crippen molar-refractivity contribution < 1.29 is 8.42 Å². The minimum absolute atomic E-state index is 0.123. The fourth-order valence-corrected chi connectivity index (χ4v) is 5.57. The van der Waals surface area contributed by atoms with E-state index >= 15 is 0 Å². The number of hydrogen-bond donors (Lipinski definition) is 0. The van der Waals surface area contributed by atoms with Gasteiger partial charge in [0.1, 0.15) is 0 Å². The summed E-state index contributed by atoms with van der Waals surface area (Å²) in [7, 11) is -3.44. The summed E-state index contributed by atoms with van der Waals surface area (Å²) in [6, 6.07) is 3.70. The lowest BCUT2D eigenvalue weighted by molar-refractivity contribution is 0.379. The summed E-state index contributed by atoms with van der Waals surface area (Å²) in [5.41, 5.74) is 1.57. The molecule has 1 aromatic rings. The standard InChI is InChI=1S/C14H19BrClNO2S/c1-3-12-5-4-6-17(12)20(18,19)14-8-11(9-16)7-13(15)10(14)2/h7-8,12H,3-6,9H2,1-2H3. The molecule has 0 aliphatic carbocycles. The van der Waals surface area contributed by atoms with Gasteiger partial charge in [-0.1, -0.05) is 22.9 Å². The van der Waals surface area contributed by atoms with Crippen LogP contribution in [0, 0.1) is 6.92 Å². The zero-order valence-electron chi connectivity index (χ0n) is 11.7. The van der Waals surface area contributed by atoms with Gasteiger partial charge in [-0.25, -0.2) is 8.42 Å². The van der Waals surface area contributed by atoms with Gasteiger partial charge in [0, 0.05) is 22.9 Å². The average molecular weight is 381 g/mol. The highest BCUT2D eigenvalue weighted by atomic mass is 79.9. The fraction of sp³-hybridized carbons (Fsp3) is 0.571. The number of sulfonamides is 1. The molecule has 1 aliphatic heterocycles. The monoisotopic (exact) mass is 379 g/mol. The molecule has 0 amide bonds. The molecule has 3 nitrogen and oxygen atoms in total. The number of rotatable bonds is 4. The molecule has 1 fully saturated rings. The minimum Gasteiger partial charge on any atom is -0.207 e. The summed E-state index contributed by atoms with van der Waals surface area (Å²) in [5, 5.41) is 0. The molecule has 0 bridgehead atoms. The van der Waals surface area contributed by atoms with E-state index < -0.39 is 10.0 Å². The minimum atomic E-state index is -3.44. The van der Waals surface area contributed by atoms with Crippen molar-refractivity contribution in [3.05, 3.63) is 27.7 Å². The van der Waals surface area contributed by atoms with E-state index in [1.54, 1.807) is 10.4 Å². The van der Waals surface area contributed by atoms with E-state index in [4.69, 9.17) is 11.6 Å². The highest BCUT2D eigenvalue weighted by Crippen LogP contribution is 2.32. The Balaban J connectivity index is 2.51. The lowest BCUT2D eigenvalue weighted by atomic mass is 10.2. The maximum Gasteiger partial charge on any atom is 0.243 e. The van der Waals surface area contributed by atoms with Crippen LogP contribution in [0.5, 0.6) is 0 Å². The van der Waals surface area contributed by atoms with Gasteiger partial charge in [0.15, 0.2) is 0 Å². The molecule has 1 heterocycles. The maximum absolute atomic E-state index is 12.9. The third-order valence-corrected chi connectivity index (χ3v) is 7.10. The van der Waals surface area contributed by atoms with Crippen molar-refractivity contribution >= 4 is 37.6 Å². The summed E-state index contributed by atoms with van der Waals surface area (Å²) < 4.78 is 28.3. The average Bonchev–Trinajstić information content (AvgIpc) is 2.90. The van der Waals surface area contributed by atoms with Crippen molar-refractivity contribution in [2.75, 3.05) is 6.54 Å². The van der Waals surface area contributed by atoms with Crippen molar-refractivity contribution in [3.63, 3.8) is 0 Å². The topological polar surface area (TPSA) is 37.4 Å². The second-order valence-electron chi connectivity index (χ2n) is 5.15. The van der Waals surface area contributed by atoms with E-state index in [1.807, 2.05) is 19.9 Å². The van der Waals surface area contributed by atoms with Crippen molar-refractivity contribution in [2.24, 2.45) is 0 Å². The molecular weight excluding hydrogens is 362 g/mol. The Kier molecular flexibility index (Phi) is 5.16. The smallest absolute Gasteiger partial charge is 0.207 e. The molecule has 112 valence electrons. The van der Waals surface area contributed by atoms with Gasteiger partial charge in [-0.3, -0.25) is 0 Å². The summed E-state index contributed by atoms with van der Waals surface area (Å²) in [6.07, 6.45) is 2.74. The molecule has 1 aliphatic rings. The van der Waals surface area contributed by atoms with E-state index in [9.17, 15) is 8.42 Å². The maximum atomic E-state index is 12.9. The first-order valence-corrected chi connectivity index (χ1v) is 9.55. The number of hydrogen-bond acceptors (Lipinski definition) is 2. The fourth-order valence-electron chi connectivity index (χ4n) is 2.71. The first kappa shape index (κ1) is 16.3. The number of nitrogens with zero attached hydrogens (tertiary/aromatic N) is 1. The second-order valence-corrected chi connectivity index (χ2v) is 8.14. The molecular formula is C14H19BrClNO2S. The van der Waals surface area contributed by atoms with Gasteiger partial charge in [0.25, 0.3) is 0 Å². The Bertz CT molecular complexity index is 603. The summed E-state index contributed by atoms with van der Waals surface area (Å²) >= 11 is 9.29. The summed E-state index contributed by atoms with van der Waals surface area (Å²) in [4.78, 5) is 0.378. The predicted octanol–water partition coefficient (Wildman–Crippen LogP) is 4.06. The van der Waals surface area contributed by atoms with Gasteiger partial charge in [0.2, 0.25) is 10.0 Å². The van der Waals surface area contributed by atoms with Crippen LogP contribution < -0.4 is 0 Å². The zero-order chi connectivity index (χ0) is 14.9. The van der Waals surface area contributed by atoms with E-state index in [0.29, 0.717) is 17.3 Å². The summed E-state index contributed by atoms with van der Waals surface area (Å²) in [6.45, 7) is 4.48. The zero-order valence-corrected chi connectivity index (χ0v) is 14.9. The number of benzene rings is 1. The molecule has 0 radical (unpaired) electrons. The van der Waals surface area contributed by atoms with Crippen LogP contribution in [0.1, 0.15) is 37.3 Å². The SMILES string of the molecule is CCC1CCCN1S(=O)(=O)c1cc(CCl)cc(Br)c1C. The van der Waals surface area contributed by atoms with E-state index in [0.717, 1.165) is 34.9 Å². The van der Waals surface area contributed by atoms with Crippen LogP contribution in [0.4, 0.5) is 0 Å². The van der Waals surface area contributed by atoms with Gasteiger partial charge < -0.3 is 0 Å². The van der Waals surface area contributed by atoms with Gasteiger partial charge >= 0.3 is 0 Å². The molecule has 6 heteroatoms. The van der Waals surface area contributed by atoms with Crippen LogP contribution in [0.15, 0.2) is 21.5 Å². The molecule has 2 rings (SSSR count). The van der Waals surface area contributed by atoms with E-state index in [1.165, 1.54) is 0 Å². The third kappa shape index (κ3) is 2.91. The first-order chi connectivity index (χ1) is 9.41. The van der Waals surface area contributed by atoms with Crippen molar-refractivity contribution in [1.29, 1.82) is 0 Å². The molecule has 0 aromatic heterocycles. The van der Waals surface area contributed by atoms with E-state index in [2.05, 4.69) is 15.9 Å².